The van der Waals surface area contributed by atoms with Crippen molar-refractivity contribution in [3.8, 4) is 0 Å². The van der Waals surface area contributed by atoms with Gasteiger partial charge in [-0.15, -0.1) is 10.1 Å². The maximum absolute atomic E-state index is 11.6. The Labute approximate surface area is 152 Å². The van der Waals surface area contributed by atoms with Gasteiger partial charge < -0.3 is 18.9 Å². The van der Waals surface area contributed by atoms with Crippen molar-refractivity contribution in [2.24, 2.45) is 5.11 Å². The summed E-state index contributed by atoms with van der Waals surface area (Å²) in [5, 5.41) is 13.1. The lowest BCUT2D eigenvalue weighted by Gasteiger charge is -2.46. The molecule has 0 radical (unpaired) electrons. The largest absolute Gasteiger partial charge is 0.459 e. The Bertz CT molecular complexity index is 741. The highest BCUT2D eigenvalue weighted by atomic mass is 17.0. The summed E-state index contributed by atoms with van der Waals surface area (Å²) >= 11 is 0. The first-order valence-corrected chi connectivity index (χ1v) is 7.99. The first-order valence-electron chi connectivity index (χ1n) is 7.99. The van der Waals surface area contributed by atoms with Crippen molar-refractivity contribution >= 4 is 5.97 Å². The molecule has 2 aliphatic rings. The topological polar surface area (TPSA) is 155 Å². The van der Waals surface area contributed by atoms with Gasteiger partial charge in [-0.1, -0.05) is 35.4 Å². The van der Waals surface area contributed by atoms with Crippen LogP contribution in [0.2, 0.25) is 0 Å². The van der Waals surface area contributed by atoms with Crippen LogP contribution in [0.4, 0.5) is 0 Å². The van der Waals surface area contributed by atoms with E-state index in [0.29, 0.717) is 0 Å². The second kappa shape index (κ2) is 8.18. The van der Waals surface area contributed by atoms with Gasteiger partial charge in [0, 0.05) is 17.4 Å². The van der Waals surface area contributed by atoms with Crippen molar-refractivity contribution in [1.82, 2.24) is 0 Å². The standard InChI is InChI=1S/C15H16N4O8/c1-8(20)24-13-11(17-18-16)15(27-19(21)22)25-10-7-23-14(26-12(10)13)9-5-3-2-4-6-9/h2-6,10-15H,7H2,1H3/t10-,11+,12-,13-,14-,15?/m1/s1. The molecule has 2 aliphatic heterocycles. The van der Waals surface area contributed by atoms with Gasteiger partial charge in [-0.25, -0.2) is 0 Å². The van der Waals surface area contributed by atoms with E-state index in [9.17, 15) is 14.9 Å². The minimum atomic E-state index is -1.57. The van der Waals surface area contributed by atoms with Crippen LogP contribution in [0.15, 0.2) is 35.4 Å². The number of rotatable bonds is 5. The van der Waals surface area contributed by atoms with Gasteiger partial charge in [0.2, 0.25) is 6.29 Å². The molecule has 12 heteroatoms. The maximum Gasteiger partial charge on any atom is 0.303 e. The molecule has 12 nitrogen and oxygen atoms in total. The van der Waals surface area contributed by atoms with Crippen LogP contribution in [0.1, 0.15) is 18.8 Å². The summed E-state index contributed by atoms with van der Waals surface area (Å²) in [6, 6.07) is 7.70. The number of benzene rings is 1. The first kappa shape index (κ1) is 18.9. The van der Waals surface area contributed by atoms with Crippen LogP contribution in [0.5, 0.6) is 0 Å². The molecule has 1 unspecified atom stereocenters. The number of ether oxygens (including phenoxy) is 4. The average molecular weight is 380 g/mol. The summed E-state index contributed by atoms with van der Waals surface area (Å²) in [6.07, 6.45) is -5.20. The maximum atomic E-state index is 11.6. The highest BCUT2D eigenvalue weighted by Crippen LogP contribution is 2.36. The zero-order valence-electron chi connectivity index (χ0n) is 14.1. The van der Waals surface area contributed by atoms with E-state index >= 15 is 0 Å². The number of carbonyl (C=O) groups excluding carboxylic acids is 1. The van der Waals surface area contributed by atoms with Crippen LogP contribution in [-0.4, -0.2) is 48.3 Å². The number of azide groups is 1. The molecule has 6 atom stereocenters. The highest BCUT2D eigenvalue weighted by Gasteiger charge is 2.52. The molecule has 144 valence electrons. The van der Waals surface area contributed by atoms with Gasteiger partial charge in [-0.3, -0.25) is 9.63 Å². The molecule has 0 N–H and O–H groups in total. The normalized spacial score (nSPS) is 32.5. The van der Waals surface area contributed by atoms with Crippen molar-refractivity contribution in [2.75, 3.05) is 6.61 Å². The average Bonchev–Trinajstić information content (AvgIpc) is 2.64. The van der Waals surface area contributed by atoms with E-state index < -0.39 is 48.0 Å². The Morgan fingerprint density at radius 3 is 2.74 bits per heavy atom. The van der Waals surface area contributed by atoms with Gasteiger partial charge in [0.15, 0.2) is 6.29 Å². The third-order valence-corrected chi connectivity index (χ3v) is 4.06. The lowest BCUT2D eigenvalue weighted by Crippen LogP contribution is -2.62. The number of fused-ring (bicyclic) bond motifs is 1. The molecule has 0 aromatic heterocycles. The van der Waals surface area contributed by atoms with Gasteiger partial charge in [0.25, 0.3) is 5.09 Å². The molecule has 2 saturated heterocycles. The molecule has 0 amide bonds. The predicted molar refractivity (Wildman–Crippen MR) is 85.2 cm³/mol. The molecule has 0 saturated carbocycles. The van der Waals surface area contributed by atoms with Crippen molar-refractivity contribution in [3.05, 3.63) is 56.5 Å². The Hall–Kier alpha value is -2.92. The van der Waals surface area contributed by atoms with Gasteiger partial charge in [0.05, 0.1) is 6.61 Å². The van der Waals surface area contributed by atoms with Crippen LogP contribution >= 0.6 is 0 Å². The third kappa shape index (κ3) is 4.26. The number of carbonyl (C=O) groups is 1. The fourth-order valence-electron chi connectivity index (χ4n) is 3.02. The molecule has 0 bridgehead atoms. The quantitative estimate of drug-likeness (QED) is 0.186. The molecule has 2 heterocycles. The van der Waals surface area contributed by atoms with Gasteiger partial charge in [0.1, 0.15) is 24.4 Å². The molecule has 0 spiro atoms. The number of esters is 1. The van der Waals surface area contributed by atoms with Crippen LogP contribution in [0.25, 0.3) is 10.4 Å². The Morgan fingerprint density at radius 2 is 2.11 bits per heavy atom. The monoisotopic (exact) mass is 380 g/mol. The number of nitrogens with zero attached hydrogens (tertiary/aromatic N) is 4. The lowest BCUT2D eigenvalue weighted by molar-refractivity contribution is -0.784. The Morgan fingerprint density at radius 1 is 1.37 bits per heavy atom. The predicted octanol–water partition coefficient (Wildman–Crippen LogP) is 1.64. The van der Waals surface area contributed by atoms with E-state index in [2.05, 4.69) is 14.9 Å². The minimum Gasteiger partial charge on any atom is -0.459 e. The summed E-state index contributed by atoms with van der Waals surface area (Å²) in [5.41, 5.74) is 9.54. The van der Waals surface area contributed by atoms with E-state index in [0.717, 1.165) is 12.5 Å². The summed E-state index contributed by atoms with van der Waals surface area (Å²) < 4.78 is 22.3. The van der Waals surface area contributed by atoms with Crippen LogP contribution in [0, 0.1) is 10.1 Å². The van der Waals surface area contributed by atoms with E-state index in [-0.39, 0.29) is 6.61 Å². The van der Waals surface area contributed by atoms with Crippen LogP contribution < -0.4 is 0 Å². The van der Waals surface area contributed by atoms with E-state index in [1.54, 1.807) is 24.3 Å². The number of hydrogen-bond donors (Lipinski definition) is 0. The molecule has 2 fully saturated rings. The molecule has 27 heavy (non-hydrogen) atoms. The number of hydrogen-bond acceptors (Lipinski definition) is 9. The van der Waals surface area contributed by atoms with Gasteiger partial charge >= 0.3 is 5.97 Å². The third-order valence-electron chi connectivity index (χ3n) is 4.06. The van der Waals surface area contributed by atoms with Crippen molar-refractivity contribution in [1.29, 1.82) is 0 Å². The van der Waals surface area contributed by atoms with E-state index in [1.807, 2.05) is 6.07 Å². The molecular weight excluding hydrogens is 364 g/mol. The molecule has 1 aromatic carbocycles. The zero-order chi connectivity index (χ0) is 19.4. The van der Waals surface area contributed by atoms with Crippen LogP contribution in [0.3, 0.4) is 0 Å². The van der Waals surface area contributed by atoms with Gasteiger partial charge in [-0.2, -0.15) is 0 Å². The van der Waals surface area contributed by atoms with Crippen molar-refractivity contribution in [2.45, 2.75) is 43.9 Å². The van der Waals surface area contributed by atoms with E-state index in [4.69, 9.17) is 24.5 Å². The first-order chi connectivity index (χ1) is 13.0. The summed E-state index contributed by atoms with van der Waals surface area (Å²) in [7, 11) is 0. The summed E-state index contributed by atoms with van der Waals surface area (Å²) in [4.78, 5) is 29.4. The zero-order valence-corrected chi connectivity index (χ0v) is 14.1. The molecular formula is C15H16N4O8. The van der Waals surface area contributed by atoms with Crippen molar-refractivity contribution < 1.29 is 33.7 Å². The SMILES string of the molecule is CC(=O)O[C@H]1[C@@H]2O[C@H](c3ccccc3)OC[C@H]2OC(O[N+](=O)[O-])[C@H]1N=[N+]=[N-]. The fourth-order valence-corrected chi connectivity index (χ4v) is 3.02. The smallest absolute Gasteiger partial charge is 0.303 e. The summed E-state index contributed by atoms with van der Waals surface area (Å²) in [6.45, 7) is 1.16. The van der Waals surface area contributed by atoms with Crippen LogP contribution in [-0.2, 0) is 28.6 Å². The molecule has 1 aromatic rings. The Balaban J connectivity index is 1.89. The van der Waals surface area contributed by atoms with Crippen molar-refractivity contribution in [3.63, 3.8) is 0 Å². The highest BCUT2D eigenvalue weighted by molar-refractivity contribution is 5.66. The van der Waals surface area contributed by atoms with Gasteiger partial charge in [-0.05, 0) is 5.53 Å². The Kier molecular flexibility index (Phi) is 5.72. The second-order valence-corrected chi connectivity index (χ2v) is 5.82. The minimum absolute atomic E-state index is 0.00253. The molecule has 0 aliphatic carbocycles. The second-order valence-electron chi connectivity index (χ2n) is 5.82. The fraction of sp³-hybridized carbons (Fsp3) is 0.533. The van der Waals surface area contributed by atoms with E-state index in [1.165, 1.54) is 0 Å². The summed E-state index contributed by atoms with van der Waals surface area (Å²) in [5.74, 6) is -0.676. The lowest BCUT2D eigenvalue weighted by atomic mass is 9.96. The molecule has 3 rings (SSSR count).